The molecule has 0 fully saturated rings. The van der Waals surface area contributed by atoms with Crippen molar-refractivity contribution in [1.29, 1.82) is 0 Å². The summed E-state index contributed by atoms with van der Waals surface area (Å²) in [4.78, 5) is 15.4. The minimum atomic E-state index is -0.863. The number of pyridine rings is 1. The average Bonchev–Trinajstić information content (AvgIpc) is 2.90. The molecule has 126 valence electrons. The van der Waals surface area contributed by atoms with Gasteiger partial charge in [0.2, 0.25) is 5.43 Å². The van der Waals surface area contributed by atoms with Gasteiger partial charge in [-0.1, -0.05) is 19.9 Å². The van der Waals surface area contributed by atoms with Gasteiger partial charge in [0.25, 0.3) is 0 Å². The molecule has 0 aliphatic rings. The first-order chi connectivity index (χ1) is 11.5. The molecule has 2 aromatic heterocycles. The van der Waals surface area contributed by atoms with Gasteiger partial charge in [-0.15, -0.1) is 0 Å². The number of aromatic hydroxyl groups is 1. The van der Waals surface area contributed by atoms with Crippen LogP contribution in [0, 0.1) is 11.6 Å². The van der Waals surface area contributed by atoms with Crippen LogP contribution in [0.4, 0.5) is 8.78 Å². The van der Waals surface area contributed by atoms with Crippen LogP contribution in [-0.4, -0.2) is 19.9 Å². The van der Waals surface area contributed by atoms with Crippen LogP contribution < -0.4 is 5.43 Å². The molecular formula is C17H17F2N3O2. The van der Waals surface area contributed by atoms with Gasteiger partial charge >= 0.3 is 0 Å². The first-order valence-corrected chi connectivity index (χ1v) is 7.78. The van der Waals surface area contributed by atoms with Crippen molar-refractivity contribution in [2.75, 3.05) is 0 Å². The van der Waals surface area contributed by atoms with Gasteiger partial charge in [-0.3, -0.25) is 4.79 Å². The second-order valence-corrected chi connectivity index (χ2v) is 5.52. The quantitative estimate of drug-likeness (QED) is 0.769. The highest BCUT2D eigenvalue weighted by molar-refractivity contribution is 5.84. The molecule has 3 rings (SSSR count). The Kier molecular flexibility index (Phi) is 4.09. The number of benzene rings is 1. The Bertz CT molecular complexity index is 956. The zero-order valence-corrected chi connectivity index (χ0v) is 13.4. The molecule has 0 saturated carbocycles. The normalized spacial score (nSPS) is 11.3. The number of aromatic amines is 1. The number of nitrogens with zero attached hydrogens (tertiary/aromatic N) is 2. The fourth-order valence-corrected chi connectivity index (χ4v) is 2.83. The van der Waals surface area contributed by atoms with Crippen LogP contribution in [0.1, 0.15) is 26.0 Å². The molecular weight excluding hydrogens is 316 g/mol. The van der Waals surface area contributed by atoms with Crippen molar-refractivity contribution >= 4 is 11.0 Å². The van der Waals surface area contributed by atoms with E-state index in [2.05, 4.69) is 10.1 Å². The highest BCUT2D eigenvalue weighted by Gasteiger charge is 2.23. The van der Waals surface area contributed by atoms with E-state index in [0.29, 0.717) is 24.3 Å². The number of aromatic nitrogens is 3. The monoisotopic (exact) mass is 333 g/mol. The molecule has 3 aromatic rings. The van der Waals surface area contributed by atoms with E-state index in [1.54, 1.807) is 4.68 Å². The standard InChI is InChI=1S/C17H17F2N3O2/c1-3-8-22-17-13(11(4-2)21-22)15(23)16(24)14(20-17)12-9(18)6-5-7-10(12)19/h5-7,24H,3-4,8H2,1-2H3,(H,20,23). The lowest BCUT2D eigenvalue weighted by atomic mass is 10.1. The number of aryl methyl sites for hydroxylation is 2. The fraction of sp³-hybridized carbons (Fsp3) is 0.294. The maximum absolute atomic E-state index is 14.1. The van der Waals surface area contributed by atoms with E-state index in [0.717, 1.165) is 18.6 Å². The zero-order chi connectivity index (χ0) is 17.4. The topological polar surface area (TPSA) is 70.9 Å². The molecule has 0 bridgehead atoms. The Morgan fingerprint density at radius 3 is 2.50 bits per heavy atom. The smallest absolute Gasteiger partial charge is 0.235 e. The number of rotatable bonds is 4. The van der Waals surface area contributed by atoms with Gasteiger partial charge in [-0.05, 0) is 25.0 Å². The molecule has 0 amide bonds. The first-order valence-electron chi connectivity index (χ1n) is 7.78. The predicted molar refractivity (Wildman–Crippen MR) is 87.0 cm³/mol. The van der Waals surface area contributed by atoms with Crippen molar-refractivity contribution in [3.05, 3.63) is 45.8 Å². The van der Waals surface area contributed by atoms with Crippen LogP contribution in [-0.2, 0) is 13.0 Å². The lowest BCUT2D eigenvalue weighted by molar-refractivity contribution is 0.469. The molecule has 0 saturated heterocycles. The molecule has 7 heteroatoms. The Hall–Kier alpha value is -2.70. The molecule has 0 spiro atoms. The lowest BCUT2D eigenvalue weighted by Crippen LogP contribution is -2.08. The van der Waals surface area contributed by atoms with E-state index in [4.69, 9.17) is 0 Å². The highest BCUT2D eigenvalue weighted by atomic mass is 19.1. The average molecular weight is 333 g/mol. The van der Waals surface area contributed by atoms with Crippen LogP contribution in [0.5, 0.6) is 5.75 Å². The third-order valence-corrected chi connectivity index (χ3v) is 3.93. The summed E-state index contributed by atoms with van der Waals surface area (Å²) in [6.07, 6.45) is 1.27. The van der Waals surface area contributed by atoms with Crippen molar-refractivity contribution < 1.29 is 13.9 Å². The Morgan fingerprint density at radius 1 is 1.25 bits per heavy atom. The van der Waals surface area contributed by atoms with Crippen molar-refractivity contribution in [3.63, 3.8) is 0 Å². The van der Waals surface area contributed by atoms with E-state index < -0.39 is 28.4 Å². The summed E-state index contributed by atoms with van der Waals surface area (Å²) in [5.74, 6) is -2.44. The van der Waals surface area contributed by atoms with Gasteiger partial charge in [0.15, 0.2) is 5.75 Å². The molecule has 0 aliphatic carbocycles. The second-order valence-electron chi connectivity index (χ2n) is 5.52. The summed E-state index contributed by atoms with van der Waals surface area (Å²) in [6, 6.07) is 3.36. The van der Waals surface area contributed by atoms with Crippen molar-refractivity contribution in [2.45, 2.75) is 33.2 Å². The Morgan fingerprint density at radius 2 is 1.92 bits per heavy atom. The van der Waals surface area contributed by atoms with Gasteiger partial charge in [0.05, 0.1) is 22.3 Å². The van der Waals surface area contributed by atoms with E-state index in [1.807, 2.05) is 13.8 Å². The molecule has 0 unspecified atom stereocenters. The predicted octanol–water partition coefficient (Wildman–Crippen LogP) is 3.35. The van der Waals surface area contributed by atoms with Crippen molar-refractivity contribution in [2.24, 2.45) is 0 Å². The van der Waals surface area contributed by atoms with Gasteiger partial charge in [-0.25, -0.2) is 13.5 Å². The second kappa shape index (κ2) is 6.07. The number of fused-ring (bicyclic) bond motifs is 1. The number of nitrogens with one attached hydrogen (secondary N) is 1. The third kappa shape index (κ3) is 2.36. The van der Waals surface area contributed by atoms with E-state index in [-0.39, 0.29) is 11.1 Å². The lowest BCUT2D eigenvalue weighted by Gasteiger charge is -2.09. The highest BCUT2D eigenvalue weighted by Crippen LogP contribution is 2.31. The largest absolute Gasteiger partial charge is 0.503 e. The number of halogens is 2. The summed E-state index contributed by atoms with van der Waals surface area (Å²) in [6.45, 7) is 4.34. The SMILES string of the molecule is CCCn1nc(CC)c2c(=O)c(O)c(-c3c(F)cccc3F)[nH]c21. The zero-order valence-electron chi connectivity index (χ0n) is 13.4. The Labute approximate surface area is 136 Å². The number of H-pyrrole nitrogens is 1. The van der Waals surface area contributed by atoms with E-state index in [1.165, 1.54) is 6.07 Å². The van der Waals surface area contributed by atoms with E-state index >= 15 is 0 Å². The van der Waals surface area contributed by atoms with Gasteiger partial charge < -0.3 is 10.1 Å². The van der Waals surface area contributed by atoms with Crippen molar-refractivity contribution in [1.82, 2.24) is 14.8 Å². The minimum absolute atomic E-state index is 0.254. The molecule has 2 heterocycles. The molecule has 0 radical (unpaired) electrons. The summed E-state index contributed by atoms with van der Waals surface area (Å²) < 4.78 is 29.7. The minimum Gasteiger partial charge on any atom is -0.503 e. The third-order valence-electron chi connectivity index (χ3n) is 3.93. The Balaban J connectivity index is 2.41. The molecule has 0 aliphatic heterocycles. The van der Waals surface area contributed by atoms with Gasteiger partial charge in [0.1, 0.15) is 17.3 Å². The van der Waals surface area contributed by atoms with Crippen LogP contribution in [0.2, 0.25) is 0 Å². The molecule has 24 heavy (non-hydrogen) atoms. The van der Waals surface area contributed by atoms with Crippen LogP contribution in [0.25, 0.3) is 22.3 Å². The van der Waals surface area contributed by atoms with Crippen LogP contribution in [0.3, 0.4) is 0 Å². The maximum Gasteiger partial charge on any atom is 0.235 e. The number of hydrogen-bond acceptors (Lipinski definition) is 3. The number of hydrogen-bond donors (Lipinski definition) is 2. The molecule has 0 atom stereocenters. The first kappa shape index (κ1) is 16.2. The summed E-state index contributed by atoms with van der Waals surface area (Å²) in [5.41, 5.74) is -0.524. The molecule has 1 aromatic carbocycles. The maximum atomic E-state index is 14.1. The van der Waals surface area contributed by atoms with Gasteiger partial charge in [0, 0.05) is 6.54 Å². The van der Waals surface area contributed by atoms with E-state index in [9.17, 15) is 18.7 Å². The molecule has 2 N–H and O–H groups in total. The van der Waals surface area contributed by atoms with Crippen LogP contribution in [0.15, 0.2) is 23.0 Å². The van der Waals surface area contributed by atoms with Gasteiger partial charge in [-0.2, -0.15) is 5.10 Å². The summed E-state index contributed by atoms with van der Waals surface area (Å²) in [5, 5.41) is 14.9. The molecule has 5 nitrogen and oxygen atoms in total. The summed E-state index contributed by atoms with van der Waals surface area (Å²) >= 11 is 0. The fourth-order valence-electron chi connectivity index (χ4n) is 2.83. The summed E-state index contributed by atoms with van der Waals surface area (Å²) in [7, 11) is 0. The van der Waals surface area contributed by atoms with Crippen molar-refractivity contribution in [3.8, 4) is 17.0 Å². The van der Waals surface area contributed by atoms with Crippen LogP contribution >= 0.6 is 0 Å².